The molecule has 1 aromatic rings. The molecule has 0 aliphatic carbocycles. The SMILES string of the molecule is CN=C(NCCCNC(=O)OC(C)(C)C)NCCCn1nc(C)cc1C. The lowest BCUT2D eigenvalue weighted by molar-refractivity contribution is 0.0527. The molecule has 148 valence electrons. The summed E-state index contributed by atoms with van der Waals surface area (Å²) >= 11 is 0. The van der Waals surface area contributed by atoms with Crippen LogP contribution in [0.25, 0.3) is 0 Å². The highest BCUT2D eigenvalue weighted by Crippen LogP contribution is 2.06. The molecule has 0 unspecified atom stereocenters. The van der Waals surface area contributed by atoms with E-state index < -0.39 is 5.60 Å². The Bertz CT molecular complexity index is 589. The molecule has 0 saturated heterocycles. The molecule has 0 bridgehead atoms. The van der Waals surface area contributed by atoms with E-state index in [0.29, 0.717) is 13.1 Å². The van der Waals surface area contributed by atoms with Gasteiger partial charge in [-0.25, -0.2) is 4.79 Å². The van der Waals surface area contributed by atoms with Gasteiger partial charge >= 0.3 is 6.09 Å². The van der Waals surface area contributed by atoms with Crippen molar-refractivity contribution in [2.75, 3.05) is 26.7 Å². The zero-order valence-corrected chi connectivity index (χ0v) is 17.0. The zero-order chi connectivity index (χ0) is 19.6. The van der Waals surface area contributed by atoms with Crippen molar-refractivity contribution in [1.29, 1.82) is 0 Å². The van der Waals surface area contributed by atoms with Crippen LogP contribution in [0.2, 0.25) is 0 Å². The van der Waals surface area contributed by atoms with E-state index in [9.17, 15) is 4.79 Å². The molecule has 3 N–H and O–H groups in total. The molecule has 0 atom stereocenters. The Kier molecular flexibility index (Phi) is 8.95. The third-order valence-electron chi connectivity index (χ3n) is 3.48. The number of carbonyl (C=O) groups is 1. The van der Waals surface area contributed by atoms with Crippen LogP contribution < -0.4 is 16.0 Å². The number of nitrogens with one attached hydrogen (secondary N) is 3. The van der Waals surface area contributed by atoms with Gasteiger partial charge in [-0.15, -0.1) is 0 Å². The normalized spacial score (nSPS) is 12.0. The monoisotopic (exact) mass is 366 g/mol. The van der Waals surface area contributed by atoms with E-state index in [1.807, 2.05) is 32.4 Å². The Morgan fingerprint density at radius 1 is 1.15 bits per heavy atom. The summed E-state index contributed by atoms with van der Waals surface area (Å²) in [5, 5.41) is 13.7. The highest BCUT2D eigenvalue weighted by Gasteiger charge is 2.15. The molecular weight excluding hydrogens is 332 g/mol. The van der Waals surface area contributed by atoms with Crippen LogP contribution in [0.4, 0.5) is 4.79 Å². The number of amides is 1. The number of hydrogen-bond acceptors (Lipinski definition) is 4. The number of nitrogens with zero attached hydrogens (tertiary/aromatic N) is 3. The summed E-state index contributed by atoms with van der Waals surface area (Å²) in [6.07, 6.45) is 1.36. The van der Waals surface area contributed by atoms with Crippen LogP contribution in [0.1, 0.15) is 45.0 Å². The van der Waals surface area contributed by atoms with Gasteiger partial charge in [0.05, 0.1) is 5.69 Å². The van der Waals surface area contributed by atoms with Crippen LogP contribution in [-0.4, -0.2) is 54.1 Å². The van der Waals surface area contributed by atoms with Crippen molar-refractivity contribution in [3.05, 3.63) is 17.5 Å². The van der Waals surface area contributed by atoms with E-state index in [4.69, 9.17) is 4.74 Å². The van der Waals surface area contributed by atoms with Crippen molar-refractivity contribution in [3.63, 3.8) is 0 Å². The summed E-state index contributed by atoms with van der Waals surface area (Å²) in [6.45, 7) is 12.6. The first-order valence-electron chi connectivity index (χ1n) is 9.13. The molecule has 1 aromatic heterocycles. The summed E-state index contributed by atoms with van der Waals surface area (Å²) < 4.78 is 7.21. The van der Waals surface area contributed by atoms with E-state index in [1.165, 1.54) is 5.69 Å². The Balaban J connectivity index is 2.12. The molecule has 0 spiro atoms. The molecule has 0 fully saturated rings. The van der Waals surface area contributed by atoms with Crippen LogP contribution in [0.15, 0.2) is 11.1 Å². The largest absolute Gasteiger partial charge is 0.444 e. The Morgan fingerprint density at radius 2 is 1.77 bits per heavy atom. The van der Waals surface area contributed by atoms with Gasteiger partial charge in [-0.2, -0.15) is 5.10 Å². The second-order valence-corrected chi connectivity index (χ2v) is 7.21. The Labute approximate surface area is 156 Å². The topological polar surface area (TPSA) is 92.6 Å². The molecule has 0 aromatic carbocycles. The minimum absolute atomic E-state index is 0.385. The number of aromatic nitrogens is 2. The summed E-state index contributed by atoms with van der Waals surface area (Å²) in [5.41, 5.74) is 1.76. The third-order valence-corrected chi connectivity index (χ3v) is 3.48. The van der Waals surface area contributed by atoms with Gasteiger partial charge < -0.3 is 20.7 Å². The zero-order valence-electron chi connectivity index (χ0n) is 17.0. The van der Waals surface area contributed by atoms with Gasteiger partial charge in [0.15, 0.2) is 5.96 Å². The molecule has 0 saturated carbocycles. The van der Waals surface area contributed by atoms with Crippen molar-refractivity contribution in [2.45, 2.75) is 59.6 Å². The molecule has 8 heteroatoms. The fourth-order valence-electron chi connectivity index (χ4n) is 2.36. The standard InChI is InChI=1S/C18H34N6O2/c1-14-13-15(2)24(23-14)12-8-11-21-16(19-6)20-9-7-10-22-17(25)26-18(3,4)5/h13H,7-12H2,1-6H3,(H,22,25)(H2,19,20,21). The van der Waals surface area contributed by atoms with E-state index in [0.717, 1.165) is 37.6 Å². The molecule has 1 amide bonds. The Hall–Kier alpha value is -2.25. The van der Waals surface area contributed by atoms with Crippen LogP contribution in [0, 0.1) is 13.8 Å². The predicted octanol–water partition coefficient (Wildman–Crippen LogP) is 1.97. The second-order valence-electron chi connectivity index (χ2n) is 7.21. The van der Waals surface area contributed by atoms with Crippen LogP contribution in [0.5, 0.6) is 0 Å². The number of rotatable bonds is 8. The molecule has 1 rings (SSSR count). The number of aryl methyl sites for hydroxylation is 3. The first-order valence-corrected chi connectivity index (χ1v) is 9.13. The molecule has 0 radical (unpaired) electrons. The van der Waals surface area contributed by atoms with Crippen molar-refractivity contribution < 1.29 is 9.53 Å². The Morgan fingerprint density at radius 3 is 2.31 bits per heavy atom. The number of aliphatic imine (C=N–C) groups is 1. The van der Waals surface area contributed by atoms with Gasteiger partial charge in [-0.3, -0.25) is 9.67 Å². The molecule has 8 nitrogen and oxygen atoms in total. The van der Waals surface area contributed by atoms with E-state index in [2.05, 4.69) is 39.0 Å². The average Bonchev–Trinajstić information content (AvgIpc) is 2.85. The molecular formula is C18H34N6O2. The van der Waals surface area contributed by atoms with Crippen LogP contribution in [-0.2, 0) is 11.3 Å². The predicted molar refractivity (Wildman–Crippen MR) is 105 cm³/mol. The van der Waals surface area contributed by atoms with Gasteiger partial charge in [0, 0.05) is 38.9 Å². The molecule has 1 heterocycles. The average molecular weight is 367 g/mol. The maximum atomic E-state index is 11.5. The van der Waals surface area contributed by atoms with Gasteiger partial charge in [0.25, 0.3) is 0 Å². The lowest BCUT2D eigenvalue weighted by Crippen LogP contribution is -2.39. The van der Waals surface area contributed by atoms with Gasteiger partial charge in [-0.1, -0.05) is 0 Å². The minimum Gasteiger partial charge on any atom is -0.444 e. The number of guanidine groups is 1. The maximum absolute atomic E-state index is 11.5. The quantitative estimate of drug-likeness (QED) is 0.372. The smallest absolute Gasteiger partial charge is 0.407 e. The highest BCUT2D eigenvalue weighted by molar-refractivity contribution is 5.79. The van der Waals surface area contributed by atoms with Crippen molar-refractivity contribution in [2.24, 2.45) is 4.99 Å². The lowest BCUT2D eigenvalue weighted by atomic mass is 10.2. The van der Waals surface area contributed by atoms with Gasteiger partial charge in [0.1, 0.15) is 5.60 Å². The van der Waals surface area contributed by atoms with Crippen molar-refractivity contribution in [3.8, 4) is 0 Å². The van der Waals surface area contributed by atoms with Crippen LogP contribution in [0.3, 0.4) is 0 Å². The lowest BCUT2D eigenvalue weighted by Gasteiger charge is -2.19. The first kappa shape index (κ1) is 21.8. The summed E-state index contributed by atoms with van der Waals surface area (Å²) in [5.74, 6) is 0.760. The highest BCUT2D eigenvalue weighted by atomic mass is 16.6. The first-order chi connectivity index (χ1) is 12.2. The fraction of sp³-hybridized carbons (Fsp3) is 0.722. The minimum atomic E-state index is -0.471. The maximum Gasteiger partial charge on any atom is 0.407 e. The third kappa shape index (κ3) is 9.29. The fourth-order valence-corrected chi connectivity index (χ4v) is 2.36. The van der Waals surface area contributed by atoms with E-state index >= 15 is 0 Å². The summed E-state index contributed by atoms with van der Waals surface area (Å²) in [6, 6.07) is 2.08. The summed E-state index contributed by atoms with van der Waals surface area (Å²) in [7, 11) is 1.75. The number of alkyl carbamates (subject to hydrolysis) is 1. The van der Waals surface area contributed by atoms with Gasteiger partial charge in [0.2, 0.25) is 0 Å². The van der Waals surface area contributed by atoms with E-state index in [1.54, 1.807) is 7.05 Å². The molecule has 0 aliphatic rings. The number of hydrogen-bond donors (Lipinski definition) is 3. The summed E-state index contributed by atoms with van der Waals surface area (Å²) in [4.78, 5) is 15.7. The molecule has 0 aliphatic heterocycles. The second kappa shape index (κ2) is 10.7. The van der Waals surface area contributed by atoms with Crippen molar-refractivity contribution in [1.82, 2.24) is 25.7 Å². The van der Waals surface area contributed by atoms with Crippen molar-refractivity contribution >= 4 is 12.1 Å². The van der Waals surface area contributed by atoms with Gasteiger partial charge in [-0.05, 0) is 53.5 Å². The number of carbonyl (C=O) groups excluding carboxylic acids is 1. The number of ether oxygens (including phenoxy) is 1. The van der Waals surface area contributed by atoms with Crippen LogP contribution >= 0.6 is 0 Å². The van der Waals surface area contributed by atoms with E-state index in [-0.39, 0.29) is 6.09 Å². The molecule has 26 heavy (non-hydrogen) atoms.